The fourth-order valence-corrected chi connectivity index (χ4v) is 1.48. The summed E-state index contributed by atoms with van der Waals surface area (Å²) in [4.78, 5) is 0. The minimum Gasteiger partial charge on any atom is -0.376 e. The Balaban J connectivity index is 2.27. The second kappa shape index (κ2) is 5.83. The van der Waals surface area contributed by atoms with Gasteiger partial charge < -0.3 is 14.8 Å². The van der Waals surface area contributed by atoms with Crippen LogP contribution in [0.15, 0.2) is 0 Å². The van der Waals surface area contributed by atoms with E-state index in [1.54, 1.807) is 0 Å². The Bertz CT molecular complexity index is 173. The molecule has 0 aromatic heterocycles. The van der Waals surface area contributed by atoms with Gasteiger partial charge in [0.15, 0.2) is 0 Å². The molecule has 1 heterocycles. The van der Waals surface area contributed by atoms with Crippen LogP contribution in [-0.2, 0) is 9.47 Å². The van der Waals surface area contributed by atoms with Crippen LogP contribution in [0.2, 0.25) is 0 Å². The molecule has 1 unspecified atom stereocenters. The summed E-state index contributed by atoms with van der Waals surface area (Å²) in [7, 11) is 0. The van der Waals surface area contributed by atoms with Gasteiger partial charge in [-0.15, -0.1) is 0 Å². The molecule has 0 radical (unpaired) electrons. The molecule has 1 aliphatic rings. The average molecular weight is 215 g/mol. The fraction of sp³-hybridized carbons (Fsp3) is 1.00. The molecule has 1 aliphatic heterocycles. The van der Waals surface area contributed by atoms with Gasteiger partial charge in [0.2, 0.25) is 0 Å². The van der Waals surface area contributed by atoms with E-state index in [0.717, 1.165) is 26.4 Å². The van der Waals surface area contributed by atoms with Crippen molar-refractivity contribution in [1.82, 2.24) is 5.32 Å². The fourth-order valence-electron chi connectivity index (χ4n) is 1.48. The summed E-state index contributed by atoms with van der Waals surface area (Å²) >= 11 is 0. The van der Waals surface area contributed by atoms with E-state index in [-0.39, 0.29) is 5.41 Å². The third-order valence-corrected chi connectivity index (χ3v) is 2.79. The van der Waals surface area contributed by atoms with Crippen molar-refractivity contribution in [2.24, 2.45) is 5.41 Å². The standard InChI is InChI=1S/C12H25NO2/c1-5-6-13-11(12(2,3)4)9-15-10-7-14-8-10/h10-11,13H,5-9H2,1-4H3. The summed E-state index contributed by atoms with van der Waals surface area (Å²) in [5.41, 5.74) is 0.250. The second-order valence-electron chi connectivity index (χ2n) is 5.37. The molecule has 0 aromatic carbocycles. The van der Waals surface area contributed by atoms with Gasteiger partial charge in [-0.3, -0.25) is 0 Å². The number of rotatable bonds is 6. The van der Waals surface area contributed by atoms with Crippen molar-refractivity contribution < 1.29 is 9.47 Å². The molecule has 1 N–H and O–H groups in total. The van der Waals surface area contributed by atoms with Gasteiger partial charge in [-0.05, 0) is 18.4 Å². The van der Waals surface area contributed by atoms with Gasteiger partial charge in [-0.25, -0.2) is 0 Å². The highest BCUT2D eigenvalue weighted by Crippen LogP contribution is 2.20. The monoisotopic (exact) mass is 215 g/mol. The summed E-state index contributed by atoms with van der Waals surface area (Å²) in [6.45, 7) is 12.3. The summed E-state index contributed by atoms with van der Waals surface area (Å²) in [5.74, 6) is 0. The Morgan fingerprint density at radius 2 is 2.07 bits per heavy atom. The summed E-state index contributed by atoms with van der Waals surface area (Å²) in [6.07, 6.45) is 1.50. The molecule has 15 heavy (non-hydrogen) atoms. The molecule has 0 spiro atoms. The first kappa shape index (κ1) is 12.9. The van der Waals surface area contributed by atoms with Crippen LogP contribution in [0.25, 0.3) is 0 Å². The first-order valence-electron chi connectivity index (χ1n) is 5.96. The second-order valence-corrected chi connectivity index (χ2v) is 5.37. The van der Waals surface area contributed by atoms with E-state index in [2.05, 4.69) is 33.0 Å². The van der Waals surface area contributed by atoms with E-state index >= 15 is 0 Å². The maximum Gasteiger partial charge on any atom is 0.104 e. The Morgan fingerprint density at radius 3 is 2.47 bits per heavy atom. The molecule has 0 aromatic rings. The largest absolute Gasteiger partial charge is 0.376 e. The Hall–Kier alpha value is -0.120. The number of hydrogen-bond donors (Lipinski definition) is 1. The highest BCUT2D eigenvalue weighted by atomic mass is 16.6. The molecular weight excluding hydrogens is 190 g/mol. The Kier molecular flexibility index (Phi) is 5.03. The van der Waals surface area contributed by atoms with Crippen LogP contribution in [0.5, 0.6) is 0 Å². The summed E-state index contributed by atoms with van der Waals surface area (Å²) in [6, 6.07) is 0.429. The highest BCUT2D eigenvalue weighted by molar-refractivity contribution is 4.81. The molecule has 3 heteroatoms. The van der Waals surface area contributed by atoms with Crippen LogP contribution >= 0.6 is 0 Å². The normalized spacial score (nSPS) is 20.0. The lowest BCUT2D eigenvalue weighted by atomic mass is 9.87. The van der Waals surface area contributed by atoms with Crippen LogP contribution in [0.1, 0.15) is 34.1 Å². The number of hydrogen-bond acceptors (Lipinski definition) is 3. The van der Waals surface area contributed by atoms with Crippen LogP contribution < -0.4 is 5.32 Å². The zero-order valence-electron chi connectivity index (χ0n) is 10.5. The average Bonchev–Trinajstić information content (AvgIpc) is 2.05. The summed E-state index contributed by atoms with van der Waals surface area (Å²) in [5, 5.41) is 3.55. The minimum atomic E-state index is 0.250. The smallest absolute Gasteiger partial charge is 0.104 e. The van der Waals surface area contributed by atoms with Gasteiger partial charge in [0.1, 0.15) is 6.10 Å². The summed E-state index contributed by atoms with van der Waals surface area (Å²) < 4.78 is 10.9. The van der Waals surface area contributed by atoms with Gasteiger partial charge in [0.25, 0.3) is 0 Å². The molecule has 0 amide bonds. The van der Waals surface area contributed by atoms with Crippen LogP contribution in [0.4, 0.5) is 0 Å². The molecule has 1 atom stereocenters. The van der Waals surface area contributed by atoms with Gasteiger partial charge in [0, 0.05) is 6.04 Å². The number of ether oxygens (including phenoxy) is 2. The Labute approximate surface area is 93.5 Å². The third-order valence-electron chi connectivity index (χ3n) is 2.79. The van der Waals surface area contributed by atoms with Gasteiger partial charge >= 0.3 is 0 Å². The maximum atomic E-state index is 5.78. The zero-order chi connectivity index (χ0) is 11.3. The van der Waals surface area contributed by atoms with Crippen molar-refractivity contribution in [3.63, 3.8) is 0 Å². The number of nitrogens with one attached hydrogen (secondary N) is 1. The Morgan fingerprint density at radius 1 is 1.40 bits per heavy atom. The molecule has 1 fully saturated rings. The molecule has 90 valence electrons. The molecule has 0 saturated carbocycles. The van der Waals surface area contributed by atoms with Crippen molar-refractivity contribution >= 4 is 0 Å². The molecule has 3 nitrogen and oxygen atoms in total. The van der Waals surface area contributed by atoms with E-state index in [1.165, 1.54) is 6.42 Å². The van der Waals surface area contributed by atoms with Crippen molar-refractivity contribution in [1.29, 1.82) is 0 Å². The van der Waals surface area contributed by atoms with Gasteiger partial charge in [-0.2, -0.15) is 0 Å². The first-order valence-corrected chi connectivity index (χ1v) is 5.96. The van der Waals surface area contributed by atoms with E-state index < -0.39 is 0 Å². The first-order chi connectivity index (χ1) is 7.04. The predicted octanol–water partition coefficient (Wildman–Crippen LogP) is 1.82. The third kappa shape index (κ3) is 4.49. The van der Waals surface area contributed by atoms with E-state index in [0.29, 0.717) is 12.1 Å². The van der Waals surface area contributed by atoms with Crippen molar-refractivity contribution in [3.05, 3.63) is 0 Å². The lowest BCUT2D eigenvalue weighted by molar-refractivity contribution is -0.137. The van der Waals surface area contributed by atoms with Crippen LogP contribution in [-0.4, -0.2) is 38.5 Å². The molecule has 1 saturated heterocycles. The van der Waals surface area contributed by atoms with Crippen molar-refractivity contribution in [2.75, 3.05) is 26.4 Å². The molecule has 1 rings (SSSR count). The minimum absolute atomic E-state index is 0.250. The van der Waals surface area contributed by atoms with Crippen LogP contribution in [0.3, 0.4) is 0 Å². The van der Waals surface area contributed by atoms with E-state index in [1.807, 2.05) is 0 Å². The quantitative estimate of drug-likeness (QED) is 0.733. The molecule has 0 bridgehead atoms. The topological polar surface area (TPSA) is 30.5 Å². The lowest BCUT2D eigenvalue weighted by Gasteiger charge is -2.34. The van der Waals surface area contributed by atoms with Gasteiger partial charge in [0.05, 0.1) is 19.8 Å². The van der Waals surface area contributed by atoms with Crippen LogP contribution in [0, 0.1) is 5.41 Å². The van der Waals surface area contributed by atoms with Gasteiger partial charge in [-0.1, -0.05) is 27.7 Å². The predicted molar refractivity (Wildman–Crippen MR) is 62.1 cm³/mol. The lowest BCUT2D eigenvalue weighted by Crippen LogP contribution is -2.47. The molecule has 0 aliphatic carbocycles. The zero-order valence-corrected chi connectivity index (χ0v) is 10.5. The van der Waals surface area contributed by atoms with E-state index in [4.69, 9.17) is 9.47 Å². The van der Waals surface area contributed by atoms with Crippen molar-refractivity contribution in [3.8, 4) is 0 Å². The SMILES string of the molecule is CCCNC(COC1COC1)C(C)(C)C. The highest BCUT2D eigenvalue weighted by Gasteiger charge is 2.27. The molecular formula is C12H25NO2. The van der Waals surface area contributed by atoms with E-state index in [9.17, 15) is 0 Å². The maximum absolute atomic E-state index is 5.78. The van der Waals surface area contributed by atoms with Crippen molar-refractivity contribution in [2.45, 2.75) is 46.3 Å².